The van der Waals surface area contributed by atoms with Gasteiger partial charge in [-0.25, -0.2) is 0 Å². The van der Waals surface area contributed by atoms with Crippen molar-refractivity contribution in [2.45, 2.75) is 50.9 Å². The lowest BCUT2D eigenvalue weighted by Crippen LogP contribution is -2.46. The molecule has 0 radical (unpaired) electrons. The summed E-state index contributed by atoms with van der Waals surface area (Å²) in [5, 5.41) is 6.97. The second-order valence-corrected chi connectivity index (χ2v) is 13.8. The first-order chi connectivity index (χ1) is 23.2. The quantitative estimate of drug-likeness (QED) is 0.284. The molecule has 8 rings (SSSR count). The Morgan fingerprint density at radius 1 is 0.604 bits per heavy atom. The minimum absolute atomic E-state index is 0.00568. The number of halogens is 2. The van der Waals surface area contributed by atoms with E-state index < -0.39 is 0 Å². The van der Waals surface area contributed by atoms with E-state index in [1.54, 1.807) is 0 Å². The number of rotatable bonds is 7. The van der Waals surface area contributed by atoms with Gasteiger partial charge in [0, 0.05) is 110 Å². The van der Waals surface area contributed by atoms with Crippen molar-refractivity contribution in [2.75, 3.05) is 26.2 Å². The zero-order valence-electron chi connectivity index (χ0n) is 26.2. The number of aromatic nitrogens is 2. The second-order valence-electron chi connectivity index (χ2n) is 13.1. The van der Waals surface area contributed by atoms with Gasteiger partial charge in [-0.15, -0.1) is 0 Å². The van der Waals surface area contributed by atoms with Gasteiger partial charge in [-0.3, -0.25) is 19.2 Å². The van der Waals surface area contributed by atoms with E-state index in [2.05, 4.69) is 10.6 Å². The van der Waals surface area contributed by atoms with E-state index in [-0.39, 0.29) is 35.7 Å². The molecule has 2 fully saturated rings. The third kappa shape index (κ3) is 5.46. The van der Waals surface area contributed by atoms with Crippen LogP contribution in [0.15, 0.2) is 60.9 Å². The Kier molecular flexibility index (Phi) is 7.80. The molecule has 4 aromatic rings. The molecule has 0 aliphatic carbocycles. The first kappa shape index (κ1) is 30.8. The highest BCUT2D eigenvalue weighted by Gasteiger charge is 2.32. The topological polar surface area (TPSA) is 109 Å². The highest BCUT2D eigenvalue weighted by Crippen LogP contribution is 2.43. The van der Waals surface area contributed by atoms with Crippen molar-refractivity contribution in [3.05, 3.63) is 82.4 Å². The van der Waals surface area contributed by atoms with Crippen molar-refractivity contribution in [1.82, 2.24) is 29.6 Å². The summed E-state index contributed by atoms with van der Waals surface area (Å²) in [6.45, 7) is 3.49. The van der Waals surface area contributed by atoms with Crippen LogP contribution < -0.4 is 10.6 Å². The summed E-state index contributed by atoms with van der Waals surface area (Å²) in [7, 11) is 0. The minimum atomic E-state index is -0.0566. The molecule has 0 spiro atoms. The van der Waals surface area contributed by atoms with E-state index in [0.717, 1.165) is 46.2 Å². The average molecular weight is 686 g/mol. The second kappa shape index (κ2) is 12.2. The lowest BCUT2D eigenvalue weighted by Gasteiger charge is -2.30. The summed E-state index contributed by atoms with van der Waals surface area (Å²) in [6, 6.07) is 15.4. The van der Waals surface area contributed by atoms with Crippen LogP contribution in [0.3, 0.4) is 0 Å². The van der Waals surface area contributed by atoms with Gasteiger partial charge in [-0.1, -0.05) is 59.6 Å². The van der Waals surface area contributed by atoms with Crippen molar-refractivity contribution in [1.29, 1.82) is 0 Å². The van der Waals surface area contributed by atoms with Gasteiger partial charge in [0.05, 0.1) is 10.0 Å². The molecule has 2 N–H and O–H groups in total. The highest BCUT2D eigenvalue weighted by atomic mass is 35.5. The maximum atomic E-state index is 13.4. The van der Waals surface area contributed by atoms with E-state index in [9.17, 15) is 19.2 Å². The minimum Gasteiger partial charge on any atom is -0.352 e. The molecule has 2 atom stereocenters. The van der Waals surface area contributed by atoms with Gasteiger partial charge >= 0.3 is 0 Å². The van der Waals surface area contributed by atoms with E-state index in [1.807, 2.05) is 79.9 Å². The molecular weight excluding hydrogens is 651 g/mol. The summed E-state index contributed by atoms with van der Waals surface area (Å²) in [6.07, 6.45) is 6.43. The lowest BCUT2D eigenvalue weighted by molar-refractivity contribution is -0.120. The van der Waals surface area contributed by atoms with Crippen LogP contribution in [0.5, 0.6) is 0 Å². The van der Waals surface area contributed by atoms with E-state index in [4.69, 9.17) is 23.2 Å². The van der Waals surface area contributed by atoms with Gasteiger partial charge < -0.3 is 29.6 Å². The van der Waals surface area contributed by atoms with Crippen LogP contribution in [0.2, 0.25) is 10.0 Å². The fraction of sp³-hybridized carbons (Fsp3) is 0.333. The highest BCUT2D eigenvalue weighted by molar-refractivity contribution is 6.39. The molecule has 4 amide bonds. The molecule has 10 nitrogen and oxygen atoms in total. The molecule has 0 unspecified atom stereocenters. The molecule has 48 heavy (non-hydrogen) atoms. The van der Waals surface area contributed by atoms with Crippen molar-refractivity contribution in [2.24, 2.45) is 0 Å². The first-order valence-electron chi connectivity index (χ1n) is 16.4. The van der Waals surface area contributed by atoms with Crippen molar-refractivity contribution in [3.63, 3.8) is 0 Å². The third-order valence-corrected chi connectivity index (χ3v) is 10.8. The molecule has 246 valence electrons. The molecule has 12 heteroatoms. The van der Waals surface area contributed by atoms with Gasteiger partial charge in [0.1, 0.15) is 11.4 Å². The summed E-state index contributed by atoms with van der Waals surface area (Å²) >= 11 is 14.2. The van der Waals surface area contributed by atoms with Crippen LogP contribution in [-0.2, 0) is 22.7 Å². The number of fused-ring (bicyclic) bond motifs is 2. The van der Waals surface area contributed by atoms with Crippen LogP contribution in [0, 0.1) is 0 Å². The van der Waals surface area contributed by atoms with Crippen LogP contribution >= 0.6 is 23.2 Å². The number of amides is 4. The number of nitrogens with zero attached hydrogens (tertiary/aromatic N) is 4. The van der Waals surface area contributed by atoms with Crippen LogP contribution in [-0.4, -0.2) is 80.8 Å². The van der Waals surface area contributed by atoms with Gasteiger partial charge in [0.25, 0.3) is 11.8 Å². The zero-order chi connectivity index (χ0) is 33.1. The van der Waals surface area contributed by atoms with E-state index >= 15 is 0 Å². The Morgan fingerprint density at radius 2 is 1.02 bits per heavy atom. The Bertz CT molecular complexity index is 1860. The predicted octanol–water partition coefficient (Wildman–Crippen LogP) is 5.07. The monoisotopic (exact) mass is 684 g/mol. The van der Waals surface area contributed by atoms with Crippen LogP contribution in [0.25, 0.3) is 33.4 Å². The van der Waals surface area contributed by atoms with Crippen molar-refractivity contribution < 1.29 is 19.2 Å². The van der Waals surface area contributed by atoms with Gasteiger partial charge in [-0.2, -0.15) is 0 Å². The Morgan fingerprint density at radius 3 is 1.42 bits per heavy atom. The third-order valence-electron chi connectivity index (χ3n) is 9.99. The maximum absolute atomic E-state index is 13.4. The van der Waals surface area contributed by atoms with Gasteiger partial charge in [0.15, 0.2) is 0 Å². The largest absolute Gasteiger partial charge is 0.352 e. The summed E-state index contributed by atoms with van der Waals surface area (Å²) in [5.74, 6) is -0.0342. The molecule has 2 saturated heterocycles. The number of carbonyl (C=O) groups excluding carboxylic acids is 4. The van der Waals surface area contributed by atoms with Crippen LogP contribution in [0.4, 0.5) is 0 Å². The van der Waals surface area contributed by atoms with E-state index in [0.29, 0.717) is 73.5 Å². The lowest BCUT2D eigenvalue weighted by atomic mass is 9.97. The van der Waals surface area contributed by atoms with Gasteiger partial charge in [-0.05, 0) is 25.0 Å². The van der Waals surface area contributed by atoms with Crippen molar-refractivity contribution in [3.8, 4) is 33.4 Å². The Balaban J connectivity index is 1.05. The fourth-order valence-corrected chi connectivity index (χ4v) is 8.14. The zero-order valence-corrected chi connectivity index (χ0v) is 27.7. The standard InChI is InChI=1S/C36H34Cl2N6O4/c37-33-25(21-15-29-35(47)43(13-11-41(29)17-21)19-23-7-9-31(45)39-23)3-1-5-27(33)28-6-2-4-26(34(28)38)22-16-30-36(48)44(14-12-42(30)18-22)20-24-8-10-32(46)40-24/h1-6,15-18,23-24H,7-14,19-20H2,(H,39,45)(H,40,46)/t23-,24-/m0/s1. The summed E-state index contributed by atoms with van der Waals surface area (Å²) < 4.78 is 3.94. The first-order valence-corrected chi connectivity index (χ1v) is 17.1. The molecule has 0 saturated carbocycles. The normalized spacial score (nSPS) is 20.6. The molecule has 0 bridgehead atoms. The SMILES string of the molecule is O=C1CC[C@@H](CN2CCn3cc(-c4cccc(-c5cccc(-c6cc7n(c6)CCN(C[C@@H]6CCC(=O)N6)C7=O)c5Cl)c4Cl)cc3C2=O)N1. The van der Waals surface area contributed by atoms with Gasteiger partial charge in [0.2, 0.25) is 11.8 Å². The molecule has 2 aromatic carbocycles. The smallest absolute Gasteiger partial charge is 0.270 e. The molecule has 4 aliphatic rings. The maximum Gasteiger partial charge on any atom is 0.270 e. The van der Waals surface area contributed by atoms with E-state index in [1.165, 1.54) is 0 Å². The molecule has 2 aromatic heterocycles. The number of hydrogen-bond acceptors (Lipinski definition) is 4. The number of carbonyl (C=O) groups is 4. The predicted molar refractivity (Wildman–Crippen MR) is 183 cm³/mol. The average Bonchev–Trinajstić information content (AvgIpc) is 3.88. The Labute approximate surface area is 287 Å². The molecule has 4 aliphatic heterocycles. The number of hydrogen-bond donors (Lipinski definition) is 2. The van der Waals surface area contributed by atoms with Crippen molar-refractivity contribution >= 4 is 46.8 Å². The number of nitrogens with one attached hydrogen (secondary N) is 2. The van der Waals surface area contributed by atoms with Crippen LogP contribution in [0.1, 0.15) is 46.7 Å². The summed E-state index contributed by atoms with van der Waals surface area (Å²) in [4.78, 5) is 53.8. The summed E-state index contributed by atoms with van der Waals surface area (Å²) in [5.41, 5.74) is 6.00. The Hall–Kier alpha value is -4.54. The number of benzene rings is 2. The fourth-order valence-electron chi connectivity index (χ4n) is 7.46. The molecular formula is C36H34Cl2N6O4. The molecule has 6 heterocycles.